The molecule has 0 aromatic rings. The van der Waals surface area contributed by atoms with Crippen molar-refractivity contribution >= 4 is 13.5 Å². The lowest BCUT2D eigenvalue weighted by Crippen LogP contribution is -2.42. The summed E-state index contributed by atoms with van der Waals surface area (Å²) in [7, 11) is -1.71. The molecule has 0 amide bonds. The number of allylic oxidation sites excluding steroid dienone is 2. The maximum absolute atomic E-state index is 12.2. The third kappa shape index (κ3) is 2.68. The van der Waals surface area contributed by atoms with Gasteiger partial charge in [0.1, 0.15) is 13.5 Å². The predicted octanol–water partition coefficient (Wildman–Crippen LogP) is 3.74. The molecule has 0 aliphatic rings. The smallest absolute Gasteiger partial charge is 0.138 e. The van der Waals surface area contributed by atoms with Crippen LogP contribution in [0, 0.1) is 0 Å². The fourth-order valence-electron chi connectivity index (χ4n) is 1.87. The summed E-state index contributed by atoms with van der Waals surface area (Å²) in [6.07, 6.45) is 2.41. The summed E-state index contributed by atoms with van der Waals surface area (Å²) in [5, 5.41) is 0.366. The van der Waals surface area contributed by atoms with E-state index in [9.17, 15) is 4.79 Å². The lowest BCUT2D eigenvalue weighted by atomic mass is 10.2. The van der Waals surface area contributed by atoms with Crippen LogP contribution in [-0.2, 0) is 4.79 Å². The highest BCUT2D eigenvalue weighted by molar-refractivity contribution is 7.07. The average Bonchev–Trinajstić information content (AvgIpc) is 2.21. The molecule has 0 spiro atoms. The van der Waals surface area contributed by atoms with Gasteiger partial charge in [0, 0.05) is 0 Å². The molecule has 0 aliphatic heterocycles. The third-order valence-electron chi connectivity index (χ3n) is 3.22. The van der Waals surface area contributed by atoms with Crippen LogP contribution in [0.4, 0.5) is 0 Å². The number of hydrogen-bond donors (Lipinski definition) is 0. The van der Waals surface area contributed by atoms with Gasteiger partial charge in [-0.05, 0) is 12.0 Å². The molecule has 1 nitrogen and oxygen atoms in total. The zero-order chi connectivity index (χ0) is 11.2. The van der Waals surface area contributed by atoms with E-state index in [2.05, 4.69) is 33.9 Å². The highest BCUT2D eigenvalue weighted by atomic mass is 28.3. The summed E-state index contributed by atoms with van der Waals surface area (Å²) in [5.74, 6) is 0. The second-order valence-corrected chi connectivity index (χ2v) is 8.90. The third-order valence-corrected chi connectivity index (χ3v) is 8.60. The average molecular weight is 210 g/mol. The number of carbonyl (C=O) groups is 1. The van der Waals surface area contributed by atoms with Crippen molar-refractivity contribution in [1.82, 2.24) is 0 Å². The molecule has 0 fully saturated rings. The summed E-state index contributed by atoms with van der Waals surface area (Å²) >= 11 is 0. The Morgan fingerprint density at radius 3 is 1.93 bits per heavy atom. The van der Waals surface area contributed by atoms with Crippen LogP contribution >= 0.6 is 0 Å². The van der Waals surface area contributed by atoms with Gasteiger partial charge in [-0.1, -0.05) is 51.6 Å². The first-order valence-electron chi connectivity index (χ1n) is 5.41. The molecule has 0 N–H and O–H groups in total. The van der Waals surface area contributed by atoms with Crippen molar-refractivity contribution in [3.8, 4) is 0 Å². The van der Waals surface area contributed by atoms with Crippen molar-refractivity contribution in [2.75, 3.05) is 0 Å². The molecule has 0 aromatic carbocycles. The Morgan fingerprint density at radius 2 is 1.64 bits per heavy atom. The summed E-state index contributed by atoms with van der Waals surface area (Å²) < 4.78 is 0. The van der Waals surface area contributed by atoms with Gasteiger partial charge in [0.25, 0.3) is 0 Å². The molecule has 0 aliphatic carbocycles. The fourth-order valence-corrected chi connectivity index (χ4v) is 5.19. The minimum atomic E-state index is -1.71. The largest absolute Gasteiger partial charge is 0.300 e. The molecule has 0 saturated carbocycles. The van der Waals surface area contributed by atoms with Gasteiger partial charge in [0.05, 0.1) is 0 Å². The normalized spacial score (nSPS) is 11.1. The molecule has 2 heteroatoms. The molecule has 0 heterocycles. The number of carbonyl (C=O) groups excluding carboxylic acids is 1. The lowest BCUT2D eigenvalue weighted by Gasteiger charge is -2.26. The van der Waals surface area contributed by atoms with E-state index in [-0.39, 0.29) is 0 Å². The van der Waals surface area contributed by atoms with Gasteiger partial charge in [0.2, 0.25) is 0 Å². The van der Waals surface area contributed by atoms with E-state index < -0.39 is 8.07 Å². The van der Waals surface area contributed by atoms with Gasteiger partial charge < -0.3 is 4.79 Å². The molecular weight excluding hydrogens is 188 g/mol. The Morgan fingerprint density at radius 1 is 1.21 bits per heavy atom. The molecule has 0 radical (unpaired) electrons. The Bertz CT molecular complexity index is 218. The lowest BCUT2D eigenvalue weighted by molar-refractivity contribution is -0.109. The molecule has 0 saturated heterocycles. The van der Waals surface area contributed by atoms with Gasteiger partial charge in [-0.3, -0.25) is 0 Å². The second kappa shape index (κ2) is 5.97. The van der Waals surface area contributed by atoms with E-state index >= 15 is 0 Å². The summed E-state index contributed by atoms with van der Waals surface area (Å²) in [5.41, 5.74) is 0.761. The minimum Gasteiger partial charge on any atom is -0.300 e. The van der Waals surface area contributed by atoms with Crippen LogP contribution in [0.5, 0.6) is 0 Å². The summed E-state index contributed by atoms with van der Waals surface area (Å²) in [6, 6.07) is 3.11. The maximum atomic E-state index is 12.2. The van der Waals surface area contributed by atoms with Crippen LogP contribution in [0.1, 0.15) is 27.2 Å². The number of rotatable bonds is 7. The van der Waals surface area contributed by atoms with E-state index in [0.29, 0.717) is 11.8 Å². The Labute approximate surface area is 88.9 Å². The van der Waals surface area contributed by atoms with Crippen LogP contribution in [0.15, 0.2) is 24.8 Å². The highest BCUT2D eigenvalue weighted by Crippen LogP contribution is 2.25. The molecule has 0 aromatic heterocycles. The number of hydrogen-bond acceptors (Lipinski definition) is 1. The van der Waals surface area contributed by atoms with Gasteiger partial charge >= 0.3 is 0 Å². The van der Waals surface area contributed by atoms with Crippen LogP contribution in [-0.4, -0.2) is 13.5 Å². The predicted molar refractivity (Wildman–Crippen MR) is 66.2 cm³/mol. The van der Waals surface area contributed by atoms with Crippen molar-refractivity contribution in [2.45, 2.75) is 45.3 Å². The fraction of sp³-hybridized carbons (Fsp3) is 0.583. The Hall–Kier alpha value is -0.633. The van der Waals surface area contributed by atoms with E-state index in [1.54, 1.807) is 6.08 Å². The molecule has 0 unspecified atom stereocenters. The van der Waals surface area contributed by atoms with E-state index in [1.807, 2.05) is 0 Å². The van der Waals surface area contributed by atoms with Gasteiger partial charge in [0.15, 0.2) is 0 Å². The van der Waals surface area contributed by atoms with Crippen molar-refractivity contribution in [2.24, 2.45) is 0 Å². The maximum Gasteiger partial charge on any atom is 0.138 e. The van der Waals surface area contributed by atoms with Gasteiger partial charge in [-0.25, -0.2) is 0 Å². The molecule has 14 heavy (non-hydrogen) atoms. The van der Waals surface area contributed by atoms with Crippen molar-refractivity contribution in [1.29, 1.82) is 0 Å². The first-order valence-corrected chi connectivity index (χ1v) is 8.03. The summed E-state index contributed by atoms with van der Waals surface area (Å²) in [4.78, 5) is 12.2. The van der Waals surface area contributed by atoms with Crippen LogP contribution in [0.3, 0.4) is 0 Å². The SMILES string of the molecule is C=CCC(=C)C(=O)[Si](CC)(CC)CC. The zero-order valence-corrected chi connectivity index (χ0v) is 10.7. The second-order valence-electron chi connectivity index (χ2n) is 3.77. The zero-order valence-electron chi connectivity index (χ0n) is 9.73. The minimum absolute atomic E-state index is 0.366. The highest BCUT2D eigenvalue weighted by Gasteiger charge is 2.36. The standard InChI is InChI=1S/C12H22OSi/c1-6-10-11(5)12(13)14(7-2,8-3)9-4/h6H,1,5,7-10H2,2-4H3. The Balaban J connectivity index is 4.75. The summed E-state index contributed by atoms with van der Waals surface area (Å²) in [6.45, 7) is 13.9. The molecule has 0 bridgehead atoms. The van der Waals surface area contributed by atoms with Crippen LogP contribution < -0.4 is 0 Å². The van der Waals surface area contributed by atoms with E-state index in [4.69, 9.17) is 0 Å². The first-order chi connectivity index (χ1) is 6.57. The Kier molecular flexibility index (Phi) is 5.70. The van der Waals surface area contributed by atoms with Crippen LogP contribution in [0.25, 0.3) is 0 Å². The van der Waals surface area contributed by atoms with Crippen LogP contribution in [0.2, 0.25) is 18.1 Å². The van der Waals surface area contributed by atoms with E-state index in [1.165, 1.54) is 0 Å². The van der Waals surface area contributed by atoms with Gasteiger partial charge in [-0.2, -0.15) is 0 Å². The molecular formula is C12H22OSi. The van der Waals surface area contributed by atoms with Crippen molar-refractivity contribution in [3.63, 3.8) is 0 Å². The topological polar surface area (TPSA) is 17.1 Å². The van der Waals surface area contributed by atoms with Crippen molar-refractivity contribution in [3.05, 3.63) is 24.8 Å². The monoisotopic (exact) mass is 210 g/mol. The molecule has 0 atom stereocenters. The van der Waals surface area contributed by atoms with Gasteiger partial charge in [-0.15, -0.1) is 6.58 Å². The van der Waals surface area contributed by atoms with Crippen molar-refractivity contribution < 1.29 is 4.79 Å². The first kappa shape index (κ1) is 13.4. The molecule has 0 rings (SSSR count). The quantitative estimate of drug-likeness (QED) is 0.355. The molecule has 80 valence electrons. The van der Waals surface area contributed by atoms with E-state index in [0.717, 1.165) is 23.7 Å².